The van der Waals surface area contributed by atoms with Crippen LogP contribution >= 0.6 is 0 Å². The SMILES string of the molecule is CCCC(CCC)S(=O)(=O)C[C@](N)(C(N)=O)C(=O)O[C@H]1CCOC1. The first-order chi connectivity index (χ1) is 11.2. The van der Waals surface area contributed by atoms with Gasteiger partial charge in [-0.15, -0.1) is 0 Å². The molecule has 0 bridgehead atoms. The monoisotopic (exact) mass is 364 g/mol. The van der Waals surface area contributed by atoms with Gasteiger partial charge in [0.2, 0.25) is 11.4 Å². The van der Waals surface area contributed by atoms with Crippen LogP contribution < -0.4 is 11.5 Å². The minimum Gasteiger partial charge on any atom is -0.458 e. The first-order valence-electron chi connectivity index (χ1n) is 8.26. The van der Waals surface area contributed by atoms with Crippen molar-refractivity contribution in [2.45, 2.75) is 62.8 Å². The third-order valence-electron chi connectivity index (χ3n) is 4.12. The molecule has 0 saturated carbocycles. The van der Waals surface area contributed by atoms with Crippen LogP contribution in [0.25, 0.3) is 0 Å². The Morgan fingerprint density at radius 1 is 1.29 bits per heavy atom. The van der Waals surface area contributed by atoms with Crippen LogP contribution in [0.5, 0.6) is 0 Å². The third-order valence-corrected chi connectivity index (χ3v) is 6.47. The maximum absolute atomic E-state index is 12.7. The van der Waals surface area contributed by atoms with Crippen molar-refractivity contribution < 1.29 is 27.5 Å². The van der Waals surface area contributed by atoms with Crippen molar-refractivity contribution in [2.24, 2.45) is 11.5 Å². The largest absolute Gasteiger partial charge is 0.458 e. The number of nitrogens with two attached hydrogens (primary N) is 2. The summed E-state index contributed by atoms with van der Waals surface area (Å²) in [5.74, 6) is -3.16. The van der Waals surface area contributed by atoms with Crippen LogP contribution in [0.4, 0.5) is 0 Å². The lowest BCUT2D eigenvalue weighted by atomic mass is 10.0. The lowest BCUT2D eigenvalue weighted by molar-refractivity contribution is -0.157. The minimum atomic E-state index is -3.79. The highest BCUT2D eigenvalue weighted by Crippen LogP contribution is 2.21. The number of rotatable bonds is 10. The summed E-state index contributed by atoms with van der Waals surface area (Å²) in [6.45, 7) is 4.37. The summed E-state index contributed by atoms with van der Waals surface area (Å²) in [4.78, 5) is 24.1. The van der Waals surface area contributed by atoms with E-state index in [-0.39, 0.29) is 6.61 Å². The van der Waals surface area contributed by atoms with Gasteiger partial charge in [0.1, 0.15) is 6.10 Å². The van der Waals surface area contributed by atoms with Crippen LogP contribution in [0.2, 0.25) is 0 Å². The molecule has 9 heteroatoms. The van der Waals surface area contributed by atoms with E-state index >= 15 is 0 Å². The van der Waals surface area contributed by atoms with E-state index in [9.17, 15) is 18.0 Å². The summed E-state index contributed by atoms with van der Waals surface area (Å²) < 4.78 is 35.5. The first kappa shape index (κ1) is 20.9. The van der Waals surface area contributed by atoms with Gasteiger partial charge in [-0.2, -0.15) is 0 Å². The van der Waals surface area contributed by atoms with Crippen molar-refractivity contribution in [1.29, 1.82) is 0 Å². The maximum atomic E-state index is 12.7. The molecule has 2 atom stereocenters. The van der Waals surface area contributed by atoms with Crippen molar-refractivity contribution >= 4 is 21.7 Å². The zero-order valence-corrected chi connectivity index (χ0v) is 15.1. The maximum Gasteiger partial charge on any atom is 0.337 e. The lowest BCUT2D eigenvalue weighted by Gasteiger charge is -2.27. The van der Waals surface area contributed by atoms with E-state index in [0.717, 1.165) is 0 Å². The van der Waals surface area contributed by atoms with Crippen molar-refractivity contribution in [3.8, 4) is 0 Å². The summed E-state index contributed by atoms with van der Waals surface area (Å²) in [5.41, 5.74) is 8.66. The summed E-state index contributed by atoms with van der Waals surface area (Å²) in [6.07, 6.45) is 2.16. The molecule has 1 aliphatic rings. The van der Waals surface area contributed by atoms with Gasteiger partial charge in [-0.1, -0.05) is 26.7 Å². The molecule has 0 unspecified atom stereocenters. The number of hydrogen-bond acceptors (Lipinski definition) is 7. The second-order valence-electron chi connectivity index (χ2n) is 6.23. The van der Waals surface area contributed by atoms with Crippen LogP contribution in [0, 0.1) is 0 Å². The summed E-state index contributed by atoms with van der Waals surface area (Å²) in [6, 6.07) is 0. The molecular weight excluding hydrogens is 336 g/mol. The van der Waals surface area contributed by atoms with Crippen molar-refractivity contribution in [2.75, 3.05) is 19.0 Å². The van der Waals surface area contributed by atoms with E-state index in [1.165, 1.54) is 0 Å². The standard InChI is InChI=1S/C15H28N2O6S/c1-3-5-12(6-4-2)24(20,21)10-15(17,13(16)18)14(19)23-11-7-8-22-9-11/h11-12H,3-10,17H2,1-2H3,(H2,16,18)/t11-,15-/m0/s1. The van der Waals surface area contributed by atoms with Gasteiger partial charge >= 0.3 is 5.97 Å². The van der Waals surface area contributed by atoms with Gasteiger partial charge in [0.15, 0.2) is 9.84 Å². The van der Waals surface area contributed by atoms with Crippen LogP contribution in [-0.4, -0.2) is 56.2 Å². The Bertz CT molecular complexity index is 538. The lowest BCUT2D eigenvalue weighted by Crippen LogP contribution is -2.64. The fourth-order valence-electron chi connectivity index (χ4n) is 2.68. The zero-order valence-electron chi connectivity index (χ0n) is 14.3. The molecule has 0 aromatic carbocycles. The number of carbonyl (C=O) groups excluding carboxylic acids is 2. The van der Waals surface area contributed by atoms with Crippen LogP contribution in [0.1, 0.15) is 46.0 Å². The van der Waals surface area contributed by atoms with Gasteiger partial charge in [0.25, 0.3) is 0 Å². The Labute approximate surface area is 143 Å². The molecular formula is C15H28N2O6S. The number of carbonyl (C=O) groups is 2. The minimum absolute atomic E-state index is 0.196. The fraction of sp³-hybridized carbons (Fsp3) is 0.867. The predicted octanol–water partition coefficient (Wildman–Crippen LogP) is -0.115. The van der Waals surface area contributed by atoms with E-state index in [4.69, 9.17) is 20.9 Å². The van der Waals surface area contributed by atoms with E-state index in [1.807, 2.05) is 13.8 Å². The van der Waals surface area contributed by atoms with Crippen LogP contribution in [0.3, 0.4) is 0 Å². The van der Waals surface area contributed by atoms with Gasteiger partial charge in [-0.05, 0) is 12.8 Å². The summed E-state index contributed by atoms with van der Waals surface area (Å²) >= 11 is 0. The Balaban J connectivity index is 2.96. The Morgan fingerprint density at radius 3 is 2.29 bits per heavy atom. The molecule has 0 spiro atoms. The molecule has 1 heterocycles. The molecule has 0 aromatic heterocycles. The molecule has 1 rings (SSSR count). The topological polar surface area (TPSA) is 139 Å². The number of sulfone groups is 1. The quantitative estimate of drug-likeness (QED) is 0.407. The molecule has 8 nitrogen and oxygen atoms in total. The van der Waals surface area contributed by atoms with Crippen molar-refractivity contribution in [1.82, 2.24) is 0 Å². The Kier molecular flexibility index (Phi) is 7.62. The second kappa shape index (κ2) is 8.77. The van der Waals surface area contributed by atoms with E-state index in [0.29, 0.717) is 38.7 Å². The highest BCUT2D eigenvalue weighted by atomic mass is 32.2. The number of hydrogen-bond donors (Lipinski definition) is 2. The van der Waals surface area contributed by atoms with Crippen LogP contribution in [0.15, 0.2) is 0 Å². The van der Waals surface area contributed by atoms with E-state index in [2.05, 4.69) is 0 Å². The highest BCUT2D eigenvalue weighted by Gasteiger charge is 2.48. The van der Waals surface area contributed by atoms with Gasteiger partial charge in [0, 0.05) is 6.42 Å². The molecule has 0 aromatic rings. The zero-order chi connectivity index (χ0) is 18.4. The summed E-state index contributed by atoms with van der Waals surface area (Å²) in [7, 11) is -3.79. The van der Waals surface area contributed by atoms with Gasteiger partial charge in [-0.3, -0.25) is 4.79 Å². The average Bonchev–Trinajstić information content (AvgIpc) is 2.99. The molecule has 1 fully saturated rings. The highest BCUT2D eigenvalue weighted by molar-refractivity contribution is 7.92. The molecule has 1 aliphatic heterocycles. The normalized spacial score (nSPS) is 20.8. The van der Waals surface area contributed by atoms with E-state index in [1.54, 1.807) is 0 Å². The Hall–Kier alpha value is -1.19. The van der Waals surface area contributed by atoms with E-state index < -0.39 is 44.4 Å². The number of amides is 1. The Morgan fingerprint density at radius 2 is 1.88 bits per heavy atom. The summed E-state index contributed by atoms with van der Waals surface area (Å²) in [5, 5.41) is -0.655. The fourth-order valence-corrected chi connectivity index (χ4v) is 5.00. The van der Waals surface area contributed by atoms with Gasteiger partial charge in [0.05, 0.1) is 24.2 Å². The molecule has 140 valence electrons. The molecule has 1 saturated heterocycles. The van der Waals surface area contributed by atoms with Gasteiger partial charge in [-0.25, -0.2) is 13.2 Å². The van der Waals surface area contributed by atoms with Gasteiger partial charge < -0.3 is 20.9 Å². The average molecular weight is 364 g/mol. The molecule has 4 N–H and O–H groups in total. The number of esters is 1. The van der Waals surface area contributed by atoms with Crippen molar-refractivity contribution in [3.63, 3.8) is 0 Å². The third kappa shape index (κ3) is 5.15. The molecule has 1 amide bonds. The molecule has 0 radical (unpaired) electrons. The first-order valence-corrected chi connectivity index (χ1v) is 9.98. The molecule has 0 aliphatic carbocycles. The second-order valence-corrected chi connectivity index (χ2v) is 8.51. The predicted molar refractivity (Wildman–Crippen MR) is 88.8 cm³/mol. The van der Waals surface area contributed by atoms with Crippen molar-refractivity contribution in [3.05, 3.63) is 0 Å². The van der Waals surface area contributed by atoms with Crippen LogP contribution in [-0.2, 0) is 28.9 Å². The number of primary amides is 1. The smallest absolute Gasteiger partial charge is 0.337 e. The number of ether oxygens (including phenoxy) is 2. The molecule has 24 heavy (non-hydrogen) atoms.